The number of amides is 1. The Balaban J connectivity index is 1.96. The molecule has 0 saturated carbocycles. The van der Waals surface area contributed by atoms with E-state index in [0.717, 1.165) is 11.8 Å². The van der Waals surface area contributed by atoms with Crippen molar-refractivity contribution in [2.24, 2.45) is 0 Å². The van der Waals surface area contributed by atoms with Crippen LogP contribution in [0.4, 0.5) is 5.69 Å². The Labute approximate surface area is 199 Å². The lowest BCUT2D eigenvalue weighted by atomic mass is 10.0. The third kappa shape index (κ3) is 8.93. The minimum Gasteiger partial charge on any atom is -0.468 e. The molecule has 34 heavy (non-hydrogen) atoms. The van der Waals surface area contributed by atoms with Crippen molar-refractivity contribution in [1.82, 2.24) is 10.3 Å². The average Bonchev–Trinajstić information content (AvgIpc) is 2.85. The van der Waals surface area contributed by atoms with Gasteiger partial charge in [-0.15, -0.1) is 5.92 Å². The lowest BCUT2D eigenvalue weighted by Crippen LogP contribution is -2.09. The van der Waals surface area contributed by atoms with Crippen molar-refractivity contribution in [3.05, 3.63) is 71.7 Å². The Morgan fingerprint density at radius 1 is 1.24 bits per heavy atom. The maximum Gasteiger partial charge on any atom is 0.248 e. The number of ether oxygens (including phenoxy) is 1. The van der Waals surface area contributed by atoms with Crippen molar-refractivity contribution in [1.29, 1.82) is 10.8 Å². The zero-order chi connectivity index (χ0) is 24.6. The van der Waals surface area contributed by atoms with Crippen LogP contribution in [0.15, 0.2) is 55.0 Å². The highest BCUT2D eigenvalue weighted by Crippen LogP contribution is 2.18. The normalized spacial score (nSPS) is 10.7. The van der Waals surface area contributed by atoms with E-state index in [2.05, 4.69) is 27.5 Å². The number of hydrogen-bond donors (Lipinski definition) is 4. The smallest absolute Gasteiger partial charge is 0.248 e. The summed E-state index contributed by atoms with van der Waals surface area (Å²) in [7, 11) is 0. The molecule has 2 rings (SSSR count). The van der Waals surface area contributed by atoms with Crippen LogP contribution in [0.2, 0.25) is 0 Å². The quantitative estimate of drug-likeness (QED) is 0.0969. The van der Waals surface area contributed by atoms with E-state index >= 15 is 0 Å². The number of aldehydes is 1. The molecule has 0 atom stereocenters. The second kappa shape index (κ2) is 14.5. The van der Waals surface area contributed by atoms with Crippen LogP contribution >= 0.6 is 0 Å². The van der Waals surface area contributed by atoms with Crippen LogP contribution in [0.5, 0.6) is 0 Å². The summed E-state index contributed by atoms with van der Waals surface area (Å²) < 4.78 is 5.21. The highest BCUT2D eigenvalue weighted by molar-refractivity contribution is 6.10. The van der Waals surface area contributed by atoms with E-state index < -0.39 is 0 Å². The van der Waals surface area contributed by atoms with Crippen molar-refractivity contribution in [2.45, 2.75) is 19.8 Å². The number of carbonyl (C=O) groups excluding carboxylic acids is 2. The van der Waals surface area contributed by atoms with Crippen LogP contribution < -0.4 is 10.6 Å². The number of aromatic nitrogens is 1. The molecule has 8 heteroatoms. The Kier molecular flexibility index (Phi) is 11.0. The van der Waals surface area contributed by atoms with E-state index in [4.69, 9.17) is 15.6 Å². The Bertz CT molecular complexity index is 1130. The maximum atomic E-state index is 12.4. The summed E-state index contributed by atoms with van der Waals surface area (Å²) in [5.41, 5.74) is 3.58. The molecule has 0 radical (unpaired) electrons. The monoisotopic (exact) mass is 457 g/mol. The van der Waals surface area contributed by atoms with Crippen LogP contribution in [0.25, 0.3) is 11.6 Å². The van der Waals surface area contributed by atoms with Gasteiger partial charge < -0.3 is 25.6 Å². The molecule has 1 amide bonds. The van der Waals surface area contributed by atoms with Crippen molar-refractivity contribution >= 4 is 41.6 Å². The molecule has 0 aliphatic carbocycles. The number of carbonyl (C=O) groups is 2. The molecule has 174 valence electrons. The fourth-order valence-corrected chi connectivity index (χ4v) is 2.85. The van der Waals surface area contributed by atoms with Crippen molar-refractivity contribution in [3.63, 3.8) is 0 Å². The first-order valence-electron chi connectivity index (χ1n) is 10.6. The second-order valence-electron chi connectivity index (χ2n) is 6.94. The highest BCUT2D eigenvalue weighted by atomic mass is 16.5. The predicted octanol–water partition coefficient (Wildman–Crippen LogP) is 3.46. The molecule has 0 bridgehead atoms. The lowest BCUT2D eigenvalue weighted by Gasteiger charge is -2.07. The number of nitrogens with one attached hydrogen (secondary N) is 4. The molecule has 0 fully saturated rings. The van der Waals surface area contributed by atoms with Gasteiger partial charge in [-0.1, -0.05) is 18.1 Å². The minimum atomic E-state index is -0.311. The standard InChI is InChI=1S/C26H27N5O3/c1-2-3-16-34-25(28)10-6-20-4-8-23(9-5-20)31-26(33)11-7-21-18-29-13-12-24(21)22(17-27)19-30-14-15-32/h4-5,7-9,11-13,15,17-19,27-28,30H,6,10,14,16H2,1H3,(H,31,33)/b11-7+,22-19+,27-17?,28-25?. The average molecular weight is 458 g/mol. The zero-order valence-corrected chi connectivity index (χ0v) is 18.9. The van der Waals surface area contributed by atoms with E-state index in [0.29, 0.717) is 35.2 Å². The topological polar surface area (TPSA) is 128 Å². The van der Waals surface area contributed by atoms with E-state index in [1.807, 2.05) is 12.1 Å². The number of anilines is 1. The summed E-state index contributed by atoms with van der Waals surface area (Å²) >= 11 is 0. The van der Waals surface area contributed by atoms with E-state index in [1.54, 1.807) is 49.8 Å². The molecule has 2 aromatic rings. The lowest BCUT2D eigenvalue weighted by molar-refractivity contribution is -0.112. The van der Waals surface area contributed by atoms with Crippen LogP contribution in [0.3, 0.4) is 0 Å². The molecule has 8 nitrogen and oxygen atoms in total. The van der Waals surface area contributed by atoms with Gasteiger partial charge in [0.25, 0.3) is 0 Å². The van der Waals surface area contributed by atoms with E-state index in [1.165, 1.54) is 12.3 Å². The van der Waals surface area contributed by atoms with E-state index in [9.17, 15) is 9.59 Å². The van der Waals surface area contributed by atoms with E-state index in [-0.39, 0.29) is 25.0 Å². The van der Waals surface area contributed by atoms with Crippen LogP contribution in [-0.4, -0.2) is 42.4 Å². The van der Waals surface area contributed by atoms with Gasteiger partial charge in [0.05, 0.1) is 6.54 Å². The van der Waals surface area contributed by atoms with Crippen molar-refractivity contribution < 1.29 is 14.3 Å². The van der Waals surface area contributed by atoms with Crippen molar-refractivity contribution in [2.75, 3.05) is 18.5 Å². The molecule has 1 heterocycles. The molecular formula is C26H27N5O3. The Morgan fingerprint density at radius 2 is 2.03 bits per heavy atom. The number of allylic oxidation sites excluding steroid dienone is 1. The largest absolute Gasteiger partial charge is 0.468 e. The summed E-state index contributed by atoms with van der Waals surface area (Å²) in [5, 5.41) is 21.0. The van der Waals surface area contributed by atoms with Gasteiger partial charge in [-0.05, 0) is 48.7 Å². The number of hydrogen-bond acceptors (Lipinski definition) is 7. The van der Waals surface area contributed by atoms with Gasteiger partial charge in [-0.3, -0.25) is 15.2 Å². The molecule has 1 aromatic heterocycles. The van der Waals surface area contributed by atoms with Gasteiger partial charge in [0, 0.05) is 54.1 Å². The first-order chi connectivity index (χ1) is 16.6. The summed E-state index contributed by atoms with van der Waals surface area (Å²) in [5.74, 6) is 5.36. The molecule has 0 aliphatic rings. The molecule has 1 aromatic carbocycles. The van der Waals surface area contributed by atoms with Gasteiger partial charge in [0.2, 0.25) is 5.91 Å². The molecule has 0 aliphatic heterocycles. The Hall–Kier alpha value is -4.51. The number of aryl methyl sites for hydroxylation is 1. The van der Waals surface area contributed by atoms with Crippen LogP contribution in [-0.2, 0) is 20.7 Å². The van der Waals surface area contributed by atoms with Crippen molar-refractivity contribution in [3.8, 4) is 11.8 Å². The fourth-order valence-electron chi connectivity index (χ4n) is 2.85. The minimum absolute atomic E-state index is 0.138. The van der Waals surface area contributed by atoms with Gasteiger partial charge in [0.15, 0.2) is 5.90 Å². The Morgan fingerprint density at radius 3 is 2.74 bits per heavy atom. The van der Waals surface area contributed by atoms with Gasteiger partial charge in [-0.25, -0.2) is 0 Å². The third-order valence-corrected chi connectivity index (χ3v) is 4.55. The van der Waals surface area contributed by atoms with Crippen LogP contribution in [0.1, 0.15) is 30.0 Å². The van der Waals surface area contributed by atoms with Gasteiger partial charge >= 0.3 is 0 Å². The first kappa shape index (κ1) is 25.7. The van der Waals surface area contributed by atoms with Gasteiger partial charge in [0.1, 0.15) is 12.9 Å². The SMILES string of the molecule is CC#CCOC(=N)CCc1ccc(NC(=O)/C=C/c2cnccc2/C(C=N)=C/NCC=O)cc1. The number of rotatable bonds is 12. The molecule has 0 saturated heterocycles. The highest BCUT2D eigenvalue weighted by Gasteiger charge is 2.06. The zero-order valence-electron chi connectivity index (χ0n) is 18.9. The summed E-state index contributed by atoms with van der Waals surface area (Å²) in [4.78, 5) is 27.0. The summed E-state index contributed by atoms with van der Waals surface area (Å²) in [6.45, 7) is 2.09. The molecule has 0 unspecified atom stereocenters. The third-order valence-electron chi connectivity index (χ3n) is 4.55. The maximum absolute atomic E-state index is 12.4. The molecular weight excluding hydrogens is 430 g/mol. The number of nitrogens with zero attached hydrogens (tertiary/aromatic N) is 1. The number of pyridine rings is 1. The second-order valence-corrected chi connectivity index (χ2v) is 6.94. The first-order valence-corrected chi connectivity index (χ1v) is 10.6. The molecule has 0 spiro atoms. The number of benzene rings is 1. The predicted molar refractivity (Wildman–Crippen MR) is 135 cm³/mol. The molecule has 4 N–H and O–H groups in total. The summed E-state index contributed by atoms with van der Waals surface area (Å²) in [6, 6.07) is 9.13. The van der Waals surface area contributed by atoms with Gasteiger partial charge in [-0.2, -0.15) is 0 Å². The summed E-state index contributed by atoms with van der Waals surface area (Å²) in [6.07, 6.45) is 10.8. The fraction of sp³-hybridized carbons (Fsp3) is 0.192. The van der Waals surface area contributed by atoms with Crippen LogP contribution in [0, 0.1) is 22.7 Å².